The van der Waals surface area contributed by atoms with Gasteiger partial charge in [-0.2, -0.15) is 0 Å². The maximum absolute atomic E-state index is 7.68. The van der Waals surface area contributed by atoms with Crippen molar-refractivity contribution in [2.24, 2.45) is 12.5 Å². The summed E-state index contributed by atoms with van der Waals surface area (Å²) >= 11 is 0. The van der Waals surface area contributed by atoms with E-state index in [1.165, 1.54) is 70.9 Å². The van der Waals surface area contributed by atoms with E-state index in [4.69, 9.17) is 6.57 Å². The number of fused-ring (bicyclic) bond motifs is 7. The molecule has 4 aromatic carbocycles. The Morgan fingerprint density at radius 1 is 0.811 bits per heavy atom. The molecule has 3 heterocycles. The zero-order chi connectivity index (χ0) is 25.8. The monoisotopic (exact) mass is 480 g/mol. The van der Waals surface area contributed by atoms with Crippen molar-refractivity contribution in [1.82, 2.24) is 4.40 Å². The normalized spacial score (nSPS) is 12.7. The van der Waals surface area contributed by atoms with Crippen molar-refractivity contribution in [1.29, 1.82) is 0 Å². The second-order valence-corrected chi connectivity index (χ2v) is 11.9. The molecule has 0 radical (unpaired) electrons. The van der Waals surface area contributed by atoms with Crippen LogP contribution in [0, 0.1) is 25.8 Å². The summed E-state index contributed by atoms with van der Waals surface area (Å²) in [6.45, 7) is 19.2. The average Bonchev–Trinajstić information content (AvgIpc) is 3.20. The van der Waals surface area contributed by atoms with Gasteiger partial charge in [0.2, 0.25) is 5.52 Å². The molecule has 0 aliphatic rings. The van der Waals surface area contributed by atoms with E-state index in [0.717, 1.165) is 11.9 Å². The van der Waals surface area contributed by atoms with Crippen molar-refractivity contribution in [3.8, 4) is 0 Å². The van der Waals surface area contributed by atoms with Crippen molar-refractivity contribution >= 4 is 65.5 Å². The average molecular weight is 481 g/mol. The van der Waals surface area contributed by atoms with Gasteiger partial charge in [-0.3, -0.25) is 0 Å². The van der Waals surface area contributed by atoms with Gasteiger partial charge in [-0.15, -0.1) is 0 Å². The number of benzene rings is 4. The van der Waals surface area contributed by atoms with E-state index in [1.807, 2.05) is 6.07 Å². The molecule has 0 amide bonds. The van der Waals surface area contributed by atoms with Gasteiger partial charge >= 0.3 is 0 Å². The summed E-state index contributed by atoms with van der Waals surface area (Å²) in [4.78, 5) is 3.78. The zero-order valence-electron chi connectivity index (χ0n) is 22.3. The van der Waals surface area contributed by atoms with Crippen molar-refractivity contribution in [3.05, 3.63) is 88.9 Å². The van der Waals surface area contributed by atoms with Crippen molar-refractivity contribution in [2.75, 3.05) is 0 Å². The van der Waals surface area contributed by atoms with Crippen molar-refractivity contribution in [2.45, 2.75) is 41.0 Å². The zero-order valence-corrected chi connectivity index (χ0v) is 22.3. The molecule has 0 N–H and O–H groups in total. The summed E-state index contributed by atoms with van der Waals surface area (Å²) < 4.78 is 4.75. The third-order valence-corrected chi connectivity index (χ3v) is 8.20. The molecule has 0 spiro atoms. The molecule has 3 aromatic heterocycles. The second kappa shape index (κ2) is 7.20. The first kappa shape index (κ1) is 22.1. The number of pyridine rings is 2. The lowest BCUT2D eigenvalue weighted by Crippen LogP contribution is -2.29. The van der Waals surface area contributed by atoms with E-state index in [-0.39, 0.29) is 5.41 Å². The van der Waals surface area contributed by atoms with Crippen molar-refractivity contribution < 1.29 is 4.57 Å². The molecule has 3 heteroatoms. The number of rotatable bonds is 1. The van der Waals surface area contributed by atoms with E-state index in [0.29, 0.717) is 5.69 Å². The van der Waals surface area contributed by atoms with Crippen LogP contribution in [0.5, 0.6) is 0 Å². The molecule has 37 heavy (non-hydrogen) atoms. The van der Waals surface area contributed by atoms with Crippen LogP contribution >= 0.6 is 0 Å². The topological polar surface area (TPSA) is 12.7 Å². The fourth-order valence-corrected chi connectivity index (χ4v) is 6.69. The Labute approximate surface area is 216 Å². The summed E-state index contributed by atoms with van der Waals surface area (Å²) in [5, 5.41) is 8.94. The minimum absolute atomic E-state index is 0.234. The van der Waals surface area contributed by atoms with Crippen LogP contribution in [0.25, 0.3) is 64.6 Å². The van der Waals surface area contributed by atoms with Gasteiger partial charge in [0, 0.05) is 22.4 Å². The van der Waals surface area contributed by atoms with Gasteiger partial charge in [0.1, 0.15) is 7.05 Å². The molecule has 7 aromatic rings. The summed E-state index contributed by atoms with van der Waals surface area (Å²) in [6.07, 6.45) is 3.24. The predicted molar refractivity (Wildman–Crippen MR) is 156 cm³/mol. The Hall–Kier alpha value is -4.16. The van der Waals surface area contributed by atoms with Gasteiger partial charge in [0.25, 0.3) is 0 Å². The van der Waals surface area contributed by atoms with Crippen LogP contribution in [0.3, 0.4) is 0 Å². The van der Waals surface area contributed by atoms with Crippen LogP contribution in [0.15, 0.2) is 60.8 Å². The Morgan fingerprint density at radius 2 is 1.57 bits per heavy atom. The van der Waals surface area contributed by atoms with Crippen LogP contribution in [0.4, 0.5) is 5.69 Å². The van der Waals surface area contributed by atoms with Gasteiger partial charge in [-0.05, 0) is 64.6 Å². The molecule has 0 aliphatic heterocycles. The molecule has 0 fully saturated rings. The molecular formula is C34H30N3+. The number of hydrogen-bond acceptors (Lipinski definition) is 0. The fraction of sp³-hybridized carbons (Fsp3) is 0.235. The van der Waals surface area contributed by atoms with Gasteiger partial charge in [-0.1, -0.05) is 63.2 Å². The minimum Gasteiger partial charge on any atom is -0.308 e. The van der Waals surface area contributed by atoms with Gasteiger partial charge in [-0.25, -0.2) is 9.41 Å². The molecular weight excluding hydrogens is 450 g/mol. The first-order valence-electron chi connectivity index (χ1n) is 13.0. The van der Waals surface area contributed by atoms with Gasteiger partial charge in [0.05, 0.1) is 28.4 Å². The highest BCUT2D eigenvalue weighted by molar-refractivity contribution is 6.29. The lowest BCUT2D eigenvalue weighted by atomic mass is 9.86. The largest absolute Gasteiger partial charge is 0.308 e. The Balaban J connectivity index is 1.81. The van der Waals surface area contributed by atoms with Crippen LogP contribution in [0.2, 0.25) is 0 Å². The number of nitrogens with zero attached hydrogens (tertiary/aromatic N) is 3. The summed E-state index contributed by atoms with van der Waals surface area (Å²) in [7, 11) is 2.17. The summed E-state index contributed by atoms with van der Waals surface area (Å²) in [6, 6.07) is 19.9. The van der Waals surface area contributed by atoms with Crippen LogP contribution in [0.1, 0.15) is 37.5 Å². The summed E-state index contributed by atoms with van der Waals surface area (Å²) in [5.74, 6) is 0. The number of hydrogen-bond donors (Lipinski definition) is 0. The third kappa shape index (κ3) is 2.90. The first-order chi connectivity index (χ1) is 17.7. The van der Waals surface area contributed by atoms with E-state index < -0.39 is 0 Å². The first-order valence-corrected chi connectivity index (χ1v) is 13.0. The SMILES string of the molecule is [C-]#[N+]c1ccc2c3ccc4cc[n+](C)c5c6c(C)c7cc(CC(C)(C)C)ccc7c(C)c6n(c2c1)c3c45. The van der Waals surface area contributed by atoms with Crippen LogP contribution in [-0.2, 0) is 13.5 Å². The minimum atomic E-state index is 0.234. The molecule has 0 bridgehead atoms. The number of aromatic nitrogens is 2. The Morgan fingerprint density at radius 3 is 2.32 bits per heavy atom. The highest BCUT2D eigenvalue weighted by atomic mass is 15.0. The number of aryl methyl sites for hydroxylation is 3. The molecule has 0 saturated carbocycles. The van der Waals surface area contributed by atoms with Crippen molar-refractivity contribution in [3.63, 3.8) is 0 Å². The van der Waals surface area contributed by atoms with E-state index in [1.54, 1.807) is 0 Å². The third-order valence-electron chi connectivity index (χ3n) is 8.20. The Kier molecular flexibility index (Phi) is 4.30. The fourth-order valence-electron chi connectivity index (χ4n) is 6.69. The maximum Gasteiger partial charge on any atom is 0.224 e. The van der Waals surface area contributed by atoms with Gasteiger partial charge < -0.3 is 4.40 Å². The molecule has 0 saturated heterocycles. The van der Waals surface area contributed by atoms with E-state index in [2.05, 4.69) is 110 Å². The lowest BCUT2D eigenvalue weighted by molar-refractivity contribution is -0.643. The Bertz CT molecular complexity index is 2130. The van der Waals surface area contributed by atoms with Gasteiger partial charge in [0.15, 0.2) is 11.9 Å². The molecule has 3 nitrogen and oxygen atoms in total. The molecule has 7 rings (SSSR count). The van der Waals surface area contributed by atoms with Crippen LogP contribution < -0.4 is 4.57 Å². The highest BCUT2D eigenvalue weighted by Gasteiger charge is 2.26. The standard InChI is InChI=1S/C34H30N3/c1-19-27-16-21(18-34(3,4)5)8-11-24(27)20(2)31-29(19)33-30-22(14-15-36(33)7)9-12-26-25-13-10-23(35-6)17-28(25)37(31)32(26)30/h8-17H,18H2,1-5,7H3/q+1. The smallest absolute Gasteiger partial charge is 0.224 e. The predicted octanol–water partition coefficient (Wildman–Crippen LogP) is 8.72. The second-order valence-electron chi connectivity index (χ2n) is 11.9. The lowest BCUT2D eigenvalue weighted by Gasteiger charge is -2.20. The maximum atomic E-state index is 7.68. The van der Waals surface area contributed by atoms with Crippen LogP contribution in [-0.4, -0.2) is 4.40 Å². The molecule has 0 unspecified atom stereocenters. The molecule has 0 aliphatic carbocycles. The quantitative estimate of drug-likeness (QED) is 0.0964. The molecule has 180 valence electrons. The van der Waals surface area contributed by atoms with E-state index >= 15 is 0 Å². The highest BCUT2D eigenvalue weighted by Crippen LogP contribution is 2.44. The molecule has 0 atom stereocenters. The summed E-state index contributed by atoms with van der Waals surface area (Å²) in [5.41, 5.74) is 9.79. The van der Waals surface area contributed by atoms with E-state index in [9.17, 15) is 0 Å².